The van der Waals surface area contributed by atoms with Crippen LogP contribution in [0.5, 0.6) is 0 Å². The molecule has 1 heterocycles. The predicted molar refractivity (Wildman–Crippen MR) is 79.3 cm³/mol. The van der Waals surface area contributed by atoms with E-state index in [9.17, 15) is 0 Å². The van der Waals surface area contributed by atoms with Crippen LogP contribution < -0.4 is 5.73 Å². The second-order valence-corrected chi connectivity index (χ2v) is 5.97. The van der Waals surface area contributed by atoms with E-state index in [1.807, 2.05) is 18.2 Å². The molecule has 0 amide bonds. The van der Waals surface area contributed by atoms with E-state index in [0.29, 0.717) is 0 Å². The Morgan fingerprint density at radius 3 is 2.37 bits per heavy atom. The van der Waals surface area contributed by atoms with E-state index >= 15 is 0 Å². The monoisotopic (exact) mass is 257 g/mol. The number of hydrogen-bond acceptors (Lipinski definition) is 2. The average Bonchev–Trinajstić information content (AvgIpc) is 2.85. The number of nitrogens with two attached hydrogens (primary N) is 1. The molecule has 0 saturated carbocycles. The van der Waals surface area contributed by atoms with Gasteiger partial charge in [-0.25, -0.2) is 0 Å². The predicted octanol–water partition coefficient (Wildman–Crippen LogP) is 4.19. The molecule has 0 bridgehead atoms. The fourth-order valence-corrected chi connectivity index (χ4v) is 2.36. The van der Waals surface area contributed by atoms with E-state index in [-0.39, 0.29) is 11.5 Å². The number of furan rings is 1. The van der Waals surface area contributed by atoms with Gasteiger partial charge in [0.1, 0.15) is 11.5 Å². The molecular formula is C17H23NO. The van der Waals surface area contributed by atoms with E-state index in [4.69, 9.17) is 10.2 Å². The van der Waals surface area contributed by atoms with Gasteiger partial charge < -0.3 is 10.2 Å². The fraction of sp³-hybridized carbons (Fsp3) is 0.412. The summed E-state index contributed by atoms with van der Waals surface area (Å²) in [6.07, 6.45) is 0.896. The Labute approximate surface area is 115 Å². The van der Waals surface area contributed by atoms with Crippen molar-refractivity contribution in [3.8, 4) is 0 Å². The number of aryl methyl sites for hydroxylation is 1. The van der Waals surface area contributed by atoms with Crippen LogP contribution in [0.4, 0.5) is 0 Å². The van der Waals surface area contributed by atoms with Gasteiger partial charge in [-0.2, -0.15) is 0 Å². The third kappa shape index (κ3) is 2.90. The maximum atomic E-state index is 6.39. The van der Waals surface area contributed by atoms with Crippen LogP contribution in [0, 0.1) is 0 Å². The molecule has 0 radical (unpaired) electrons. The summed E-state index contributed by atoms with van der Waals surface area (Å²) in [5, 5.41) is 0. The molecule has 2 rings (SSSR count). The van der Waals surface area contributed by atoms with Gasteiger partial charge >= 0.3 is 0 Å². The van der Waals surface area contributed by atoms with Crippen molar-refractivity contribution in [3.05, 3.63) is 59.0 Å². The Balaban J connectivity index is 2.41. The van der Waals surface area contributed by atoms with Gasteiger partial charge in [0.2, 0.25) is 0 Å². The van der Waals surface area contributed by atoms with Gasteiger partial charge in [0.05, 0.1) is 6.04 Å². The minimum atomic E-state index is -0.198. The van der Waals surface area contributed by atoms with Crippen LogP contribution in [0.15, 0.2) is 40.8 Å². The lowest BCUT2D eigenvalue weighted by Gasteiger charge is -2.25. The van der Waals surface area contributed by atoms with Crippen molar-refractivity contribution in [2.75, 3.05) is 0 Å². The van der Waals surface area contributed by atoms with Crippen LogP contribution in [-0.4, -0.2) is 0 Å². The van der Waals surface area contributed by atoms with Crippen LogP contribution in [0.25, 0.3) is 0 Å². The summed E-state index contributed by atoms with van der Waals surface area (Å²) < 4.78 is 5.79. The molecule has 102 valence electrons. The third-order valence-electron chi connectivity index (χ3n) is 3.44. The van der Waals surface area contributed by atoms with Crippen LogP contribution in [0.2, 0.25) is 0 Å². The molecule has 2 heteroatoms. The van der Waals surface area contributed by atoms with Gasteiger partial charge in [-0.1, -0.05) is 52.0 Å². The van der Waals surface area contributed by atoms with Gasteiger partial charge in [-0.15, -0.1) is 0 Å². The minimum Gasteiger partial charge on any atom is -0.464 e. The minimum absolute atomic E-state index is 0.0778. The van der Waals surface area contributed by atoms with Gasteiger partial charge in [-0.05, 0) is 28.7 Å². The molecule has 0 fully saturated rings. The Hall–Kier alpha value is -1.54. The zero-order valence-electron chi connectivity index (χ0n) is 12.2. The standard InChI is InChI=1S/C17H23NO/c1-5-12-10-11-15(19-12)16(18)13-8-6-7-9-14(13)17(2,3)4/h6-11,16H,5,18H2,1-4H3. The van der Waals surface area contributed by atoms with E-state index in [1.54, 1.807) is 0 Å². The summed E-state index contributed by atoms with van der Waals surface area (Å²) in [4.78, 5) is 0. The second-order valence-electron chi connectivity index (χ2n) is 5.97. The molecule has 0 saturated heterocycles. The Kier molecular flexibility index (Phi) is 3.81. The highest BCUT2D eigenvalue weighted by atomic mass is 16.3. The molecular weight excluding hydrogens is 234 g/mol. The topological polar surface area (TPSA) is 39.2 Å². The van der Waals surface area contributed by atoms with Gasteiger partial charge in [-0.3, -0.25) is 0 Å². The highest BCUT2D eigenvalue weighted by Crippen LogP contribution is 2.32. The molecule has 1 unspecified atom stereocenters. The van der Waals surface area contributed by atoms with Crippen LogP contribution in [0.3, 0.4) is 0 Å². The van der Waals surface area contributed by atoms with E-state index in [2.05, 4.69) is 45.9 Å². The number of hydrogen-bond donors (Lipinski definition) is 1. The second kappa shape index (κ2) is 5.22. The molecule has 0 aliphatic heterocycles. The van der Waals surface area contributed by atoms with Crippen molar-refractivity contribution in [2.45, 2.75) is 45.6 Å². The summed E-state index contributed by atoms with van der Waals surface area (Å²) in [7, 11) is 0. The number of benzene rings is 1. The van der Waals surface area contributed by atoms with Gasteiger partial charge in [0, 0.05) is 6.42 Å². The molecule has 0 spiro atoms. The summed E-state index contributed by atoms with van der Waals surface area (Å²) in [5.41, 5.74) is 8.89. The van der Waals surface area contributed by atoms with Crippen LogP contribution >= 0.6 is 0 Å². The third-order valence-corrected chi connectivity index (χ3v) is 3.44. The zero-order valence-corrected chi connectivity index (χ0v) is 12.2. The lowest BCUT2D eigenvalue weighted by molar-refractivity contribution is 0.450. The fourth-order valence-electron chi connectivity index (χ4n) is 2.36. The summed E-state index contributed by atoms with van der Waals surface area (Å²) in [6, 6.07) is 12.1. The van der Waals surface area contributed by atoms with Crippen molar-refractivity contribution in [1.29, 1.82) is 0 Å². The van der Waals surface area contributed by atoms with Crippen molar-refractivity contribution in [1.82, 2.24) is 0 Å². The Morgan fingerprint density at radius 2 is 1.79 bits per heavy atom. The van der Waals surface area contributed by atoms with E-state index in [0.717, 1.165) is 23.5 Å². The number of rotatable bonds is 3. The van der Waals surface area contributed by atoms with E-state index in [1.165, 1.54) is 5.56 Å². The maximum Gasteiger partial charge on any atom is 0.125 e. The van der Waals surface area contributed by atoms with Gasteiger partial charge in [0.25, 0.3) is 0 Å². The Bertz CT molecular complexity index is 548. The van der Waals surface area contributed by atoms with Crippen molar-refractivity contribution in [2.24, 2.45) is 5.73 Å². The van der Waals surface area contributed by atoms with Gasteiger partial charge in [0.15, 0.2) is 0 Å². The maximum absolute atomic E-state index is 6.39. The molecule has 2 nitrogen and oxygen atoms in total. The molecule has 19 heavy (non-hydrogen) atoms. The molecule has 1 aromatic carbocycles. The lowest BCUT2D eigenvalue weighted by atomic mass is 9.81. The van der Waals surface area contributed by atoms with Crippen molar-refractivity contribution >= 4 is 0 Å². The van der Waals surface area contributed by atoms with Crippen LogP contribution in [-0.2, 0) is 11.8 Å². The first-order valence-corrected chi connectivity index (χ1v) is 6.87. The van der Waals surface area contributed by atoms with E-state index < -0.39 is 0 Å². The zero-order chi connectivity index (χ0) is 14.0. The summed E-state index contributed by atoms with van der Waals surface area (Å²) in [5.74, 6) is 1.83. The molecule has 1 atom stereocenters. The highest BCUT2D eigenvalue weighted by Gasteiger charge is 2.22. The molecule has 0 aliphatic rings. The normalized spacial score (nSPS) is 13.5. The average molecular weight is 257 g/mol. The SMILES string of the molecule is CCc1ccc(C(N)c2ccccc2C(C)(C)C)o1. The largest absolute Gasteiger partial charge is 0.464 e. The molecule has 1 aromatic heterocycles. The highest BCUT2D eigenvalue weighted by molar-refractivity contribution is 5.38. The summed E-state index contributed by atoms with van der Waals surface area (Å²) >= 11 is 0. The summed E-state index contributed by atoms with van der Waals surface area (Å²) in [6.45, 7) is 8.70. The van der Waals surface area contributed by atoms with Crippen LogP contribution in [0.1, 0.15) is 56.4 Å². The molecule has 2 aromatic rings. The van der Waals surface area contributed by atoms with Crippen molar-refractivity contribution < 1.29 is 4.42 Å². The first-order chi connectivity index (χ1) is 8.93. The quantitative estimate of drug-likeness (QED) is 0.895. The smallest absolute Gasteiger partial charge is 0.125 e. The first kappa shape index (κ1) is 13.9. The Morgan fingerprint density at radius 1 is 1.11 bits per heavy atom. The first-order valence-electron chi connectivity index (χ1n) is 6.87. The lowest BCUT2D eigenvalue weighted by Crippen LogP contribution is -2.20. The van der Waals surface area contributed by atoms with Crippen molar-refractivity contribution in [3.63, 3.8) is 0 Å². The molecule has 0 aliphatic carbocycles. The molecule has 2 N–H and O–H groups in total.